The largest absolute Gasteiger partial charge is 0.392 e. The van der Waals surface area contributed by atoms with E-state index in [9.17, 15) is 5.11 Å². The molecule has 1 aromatic rings. The third-order valence-electron chi connectivity index (χ3n) is 4.67. The van der Waals surface area contributed by atoms with Gasteiger partial charge in [0, 0.05) is 37.9 Å². The molecule has 0 aromatic carbocycles. The number of thiazole rings is 1. The molecule has 1 heterocycles. The Bertz CT molecular complexity index is 657. The van der Waals surface area contributed by atoms with Gasteiger partial charge >= 0.3 is 0 Å². The van der Waals surface area contributed by atoms with Gasteiger partial charge in [0.2, 0.25) is 0 Å². The fourth-order valence-corrected chi connectivity index (χ4v) is 3.62. The van der Waals surface area contributed by atoms with E-state index in [2.05, 4.69) is 30.7 Å². The molecule has 1 rings (SSSR count). The van der Waals surface area contributed by atoms with E-state index in [0.29, 0.717) is 6.42 Å². The van der Waals surface area contributed by atoms with E-state index in [0.717, 1.165) is 42.0 Å². The second-order valence-electron chi connectivity index (χ2n) is 7.32. The Kier molecular flexibility index (Phi) is 11.2. The molecule has 1 N–H and O–H groups in total. The van der Waals surface area contributed by atoms with Crippen molar-refractivity contribution in [3.05, 3.63) is 65.2 Å². The molecule has 28 heavy (non-hydrogen) atoms. The van der Waals surface area contributed by atoms with Gasteiger partial charge in [-0.3, -0.25) is 0 Å². The summed E-state index contributed by atoms with van der Waals surface area (Å²) in [5, 5.41) is 13.7. The van der Waals surface area contributed by atoms with Gasteiger partial charge in [-0.15, -0.1) is 17.9 Å². The lowest BCUT2D eigenvalue weighted by atomic mass is 9.85. The van der Waals surface area contributed by atoms with Gasteiger partial charge < -0.3 is 14.6 Å². The van der Waals surface area contributed by atoms with Crippen molar-refractivity contribution in [2.24, 2.45) is 0 Å². The summed E-state index contributed by atoms with van der Waals surface area (Å²) in [5.41, 5.74) is 1.62. The first-order valence-corrected chi connectivity index (χ1v) is 10.5. The smallest absolute Gasteiger partial charge is 0.157 e. The molecule has 0 saturated carbocycles. The molecule has 156 valence electrons. The first-order chi connectivity index (χ1) is 13.3. The van der Waals surface area contributed by atoms with Crippen molar-refractivity contribution in [3.63, 3.8) is 0 Å². The van der Waals surface area contributed by atoms with Gasteiger partial charge in [-0.25, -0.2) is 4.98 Å². The number of hydrogen-bond donors (Lipinski definition) is 1. The Labute approximate surface area is 174 Å². The third kappa shape index (κ3) is 8.23. The van der Waals surface area contributed by atoms with Crippen LogP contribution in [-0.2, 0) is 21.3 Å². The van der Waals surface area contributed by atoms with Crippen molar-refractivity contribution in [2.45, 2.75) is 63.8 Å². The lowest BCUT2D eigenvalue weighted by Gasteiger charge is -2.27. The van der Waals surface area contributed by atoms with Gasteiger partial charge in [-0.05, 0) is 19.3 Å². The van der Waals surface area contributed by atoms with E-state index >= 15 is 0 Å². The van der Waals surface area contributed by atoms with Gasteiger partial charge in [0.25, 0.3) is 0 Å². The Hall–Kier alpha value is -1.53. The summed E-state index contributed by atoms with van der Waals surface area (Å²) in [6.07, 6.45) is 13.1. The van der Waals surface area contributed by atoms with Crippen LogP contribution in [0.4, 0.5) is 0 Å². The monoisotopic (exact) mass is 405 g/mol. The van der Waals surface area contributed by atoms with Gasteiger partial charge in [0.15, 0.2) is 6.29 Å². The number of aromatic nitrogens is 1. The summed E-state index contributed by atoms with van der Waals surface area (Å²) < 4.78 is 10.4. The molecular formula is C23H35NO3S. The first kappa shape index (κ1) is 24.5. The van der Waals surface area contributed by atoms with E-state index in [-0.39, 0.29) is 6.29 Å². The topological polar surface area (TPSA) is 51.6 Å². The number of methoxy groups -OCH3 is 2. The summed E-state index contributed by atoms with van der Waals surface area (Å²) in [6.45, 7) is 11.8. The Morgan fingerprint density at radius 3 is 2.64 bits per heavy atom. The molecule has 5 heteroatoms. The van der Waals surface area contributed by atoms with Crippen LogP contribution in [-0.4, -0.2) is 36.7 Å². The fourth-order valence-electron chi connectivity index (χ4n) is 2.61. The lowest BCUT2D eigenvalue weighted by molar-refractivity contribution is -0.105. The van der Waals surface area contributed by atoms with Crippen molar-refractivity contribution >= 4 is 11.3 Å². The average Bonchev–Trinajstić information content (AvgIpc) is 3.15. The van der Waals surface area contributed by atoms with Crippen LogP contribution in [0.3, 0.4) is 0 Å². The zero-order chi connectivity index (χ0) is 21.0. The zero-order valence-electron chi connectivity index (χ0n) is 17.7. The van der Waals surface area contributed by atoms with Crippen molar-refractivity contribution in [1.29, 1.82) is 0 Å². The molecule has 0 radical (unpaired) electrons. The van der Waals surface area contributed by atoms with Crippen LogP contribution in [0.15, 0.2) is 54.5 Å². The zero-order valence-corrected chi connectivity index (χ0v) is 18.5. The van der Waals surface area contributed by atoms with Gasteiger partial charge in [0.1, 0.15) is 5.01 Å². The second-order valence-corrected chi connectivity index (χ2v) is 8.18. The average molecular weight is 406 g/mol. The molecule has 0 bridgehead atoms. The normalized spacial score (nSPS) is 13.6. The maximum Gasteiger partial charge on any atom is 0.157 e. The molecule has 1 unspecified atom stereocenters. The third-order valence-corrected chi connectivity index (χ3v) is 5.90. The lowest BCUT2D eigenvalue weighted by Crippen LogP contribution is -2.33. The van der Waals surface area contributed by atoms with E-state index < -0.39 is 11.5 Å². The highest BCUT2D eigenvalue weighted by Crippen LogP contribution is 2.32. The molecular weight excluding hydrogens is 370 g/mol. The van der Waals surface area contributed by atoms with Crippen LogP contribution in [0.5, 0.6) is 0 Å². The quantitative estimate of drug-likeness (QED) is 0.257. The van der Waals surface area contributed by atoms with Crippen molar-refractivity contribution in [2.75, 3.05) is 14.2 Å². The second kappa shape index (κ2) is 12.8. The number of ether oxygens (including phenoxy) is 2. The summed E-state index contributed by atoms with van der Waals surface area (Å²) in [7, 11) is 3.26. The molecule has 0 aliphatic heterocycles. The molecule has 0 aliphatic rings. The Morgan fingerprint density at radius 1 is 1.29 bits per heavy atom. The number of nitrogens with zero attached hydrogens (tertiary/aromatic N) is 1. The highest BCUT2D eigenvalue weighted by Gasteiger charge is 2.32. The predicted molar refractivity (Wildman–Crippen MR) is 119 cm³/mol. The first-order valence-electron chi connectivity index (χ1n) is 9.63. The molecule has 1 aromatic heterocycles. The maximum atomic E-state index is 10.7. The molecule has 0 fully saturated rings. The van der Waals surface area contributed by atoms with E-state index in [1.165, 1.54) is 0 Å². The van der Waals surface area contributed by atoms with Crippen LogP contribution in [0.1, 0.15) is 50.2 Å². The molecule has 0 amide bonds. The van der Waals surface area contributed by atoms with Gasteiger partial charge in [-0.2, -0.15) is 0 Å². The Morgan fingerprint density at radius 2 is 2.00 bits per heavy atom. The molecule has 0 aliphatic carbocycles. The number of aliphatic hydroxyl groups is 1. The Balaban J connectivity index is 2.55. The van der Waals surface area contributed by atoms with Crippen LogP contribution < -0.4 is 0 Å². The summed E-state index contributed by atoms with van der Waals surface area (Å²) in [5.74, 6) is 0. The summed E-state index contributed by atoms with van der Waals surface area (Å²) in [4.78, 5) is 4.72. The van der Waals surface area contributed by atoms with Crippen molar-refractivity contribution < 1.29 is 14.6 Å². The van der Waals surface area contributed by atoms with E-state index in [1.807, 2.05) is 32.1 Å². The highest BCUT2D eigenvalue weighted by atomic mass is 32.1. The van der Waals surface area contributed by atoms with Crippen LogP contribution in [0.2, 0.25) is 0 Å². The number of allylic oxidation sites excluding steroid dienone is 5. The number of rotatable bonds is 14. The number of aliphatic hydroxyl groups excluding tert-OH is 1. The molecule has 4 nitrogen and oxygen atoms in total. The van der Waals surface area contributed by atoms with Crippen molar-refractivity contribution in [3.8, 4) is 0 Å². The van der Waals surface area contributed by atoms with Crippen LogP contribution >= 0.6 is 11.3 Å². The van der Waals surface area contributed by atoms with Crippen LogP contribution in [0, 0.1) is 0 Å². The van der Waals surface area contributed by atoms with Crippen molar-refractivity contribution in [1.82, 2.24) is 4.98 Å². The van der Waals surface area contributed by atoms with Gasteiger partial charge in [0.05, 0.1) is 11.8 Å². The molecule has 0 spiro atoms. The van der Waals surface area contributed by atoms with Crippen LogP contribution in [0.25, 0.3) is 0 Å². The predicted octanol–water partition coefficient (Wildman–Crippen LogP) is 5.36. The standard InChI is InChI=1S/C23H35NO3S/c1-7-8-9-10-13-19-17-28-22(24-19)23(3,4)20(25)14-11-12-18(2)15-16-21(26-5)27-6/h7,9-12,17,20-21,25H,1-2,8,13-16H2,3-6H3/b10-9+,12-11+. The van der Waals surface area contributed by atoms with E-state index in [4.69, 9.17) is 14.5 Å². The fraction of sp³-hybridized carbons (Fsp3) is 0.522. The summed E-state index contributed by atoms with van der Waals surface area (Å²) >= 11 is 1.61. The number of hydrogen-bond acceptors (Lipinski definition) is 5. The molecule has 0 saturated heterocycles. The minimum atomic E-state index is -0.516. The minimum absolute atomic E-state index is 0.208. The van der Waals surface area contributed by atoms with E-state index in [1.54, 1.807) is 25.6 Å². The SMILES string of the molecule is C=CC/C=C/Cc1csc(C(C)(C)C(O)C/C=C/C(=C)CCC(OC)OC)n1. The van der Waals surface area contributed by atoms with Gasteiger partial charge in [-0.1, -0.05) is 56.4 Å². The minimum Gasteiger partial charge on any atom is -0.392 e. The summed E-state index contributed by atoms with van der Waals surface area (Å²) in [6, 6.07) is 0. The highest BCUT2D eigenvalue weighted by molar-refractivity contribution is 7.09. The maximum absolute atomic E-state index is 10.7. The molecule has 1 atom stereocenters.